The van der Waals surface area contributed by atoms with Crippen LogP contribution in [0.5, 0.6) is 17.2 Å². The Morgan fingerprint density at radius 1 is 0.526 bits per heavy atom. The molecular formula is C46H50N4O7. The van der Waals surface area contributed by atoms with Gasteiger partial charge in [0.2, 0.25) is 11.8 Å². The average molecular weight is 771 g/mol. The number of carbonyl (C=O) groups excluding carboxylic acids is 4. The van der Waals surface area contributed by atoms with Crippen molar-refractivity contribution in [1.29, 1.82) is 0 Å². The maximum Gasteiger partial charge on any atom is 0.255 e. The second-order valence-corrected chi connectivity index (χ2v) is 14.1. The van der Waals surface area contributed by atoms with Crippen molar-refractivity contribution in [3.05, 3.63) is 114 Å². The van der Waals surface area contributed by atoms with Gasteiger partial charge in [0.1, 0.15) is 17.2 Å². The van der Waals surface area contributed by atoms with E-state index in [1.54, 1.807) is 60.7 Å². The summed E-state index contributed by atoms with van der Waals surface area (Å²) >= 11 is 0. The van der Waals surface area contributed by atoms with Crippen LogP contribution in [-0.4, -0.2) is 43.4 Å². The van der Waals surface area contributed by atoms with Crippen molar-refractivity contribution < 1.29 is 33.4 Å². The van der Waals surface area contributed by atoms with Crippen molar-refractivity contribution >= 4 is 57.2 Å². The number of carbonyl (C=O) groups is 4. The Morgan fingerprint density at radius 3 is 1.54 bits per heavy atom. The number of anilines is 4. The van der Waals surface area contributed by atoms with Crippen LogP contribution in [0, 0.1) is 0 Å². The molecule has 5 aromatic rings. The smallest absolute Gasteiger partial charge is 0.255 e. The van der Waals surface area contributed by atoms with Crippen LogP contribution in [0.25, 0.3) is 10.8 Å². The lowest BCUT2D eigenvalue weighted by molar-refractivity contribution is -0.117. The lowest BCUT2D eigenvalue weighted by Crippen LogP contribution is -2.17. The van der Waals surface area contributed by atoms with E-state index >= 15 is 0 Å². The average Bonchev–Trinajstić information content (AvgIpc) is 3.20. The molecular weight excluding hydrogens is 721 g/mol. The zero-order valence-electron chi connectivity index (χ0n) is 32.4. The van der Waals surface area contributed by atoms with Gasteiger partial charge in [0.15, 0.2) is 0 Å². The van der Waals surface area contributed by atoms with E-state index in [1.807, 2.05) is 36.4 Å². The predicted octanol–water partition coefficient (Wildman–Crippen LogP) is 9.99. The molecule has 11 nitrogen and oxygen atoms in total. The minimum atomic E-state index is -0.450. The van der Waals surface area contributed by atoms with E-state index in [9.17, 15) is 19.2 Å². The lowest BCUT2D eigenvalue weighted by atomic mass is 10.1. The molecule has 1 aliphatic heterocycles. The van der Waals surface area contributed by atoms with Crippen molar-refractivity contribution in [2.75, 3.05) is 41.1 Å². The minimum absolute atomic E-state index is 0.184. The molecule has 296 valence electrons. The summed E-state index contributed by atoms with van der Waals surface area (Å²) in [5.74, 6) is 0.502. The third-order valence-electron chi connectivity index (χ3n) is 9.42. The second-order valence-electron chi connectivity index (χ2n) is 14.1. The van der Waals surface area contributed by atoms with Crippen molar-refractivity contribution in [2.24, 2.45) is 0 Å². The normalized spacial score (nSPS) is 14.4. The summed E-state index contributed by atoms with van der Waals surface area (Å²) in [6.07, 6.45) is 8.03. The summed E-state index contributed by atoms with van der Waals surface area (Å²) in [6, 6.07) is 30.1. The number of ether oxygens (including phenoxy) is 3. The molecule has 0 unspecified atom stereocenters. The van der Waals surface area contributed by atoms with Gasteiger partial charge in [-0.2, -0.15) is 0 Å². The highest BCUT2D eigenvalue weighted by Gasteiger charge is 2.16. The summed E-state index contributed by atoms with van der Waals surface area (Å²) in [5, 5.41) is 13.6. The summed E-state index contributed by atoms with van der Waals surface area (Å²) in [4.78, 5) is 53.0. The number of unbranched alkanes of at least 4 members (excludes halogenated alkanes) is 5. The number of amides is 4. The summed E-state index contributed by atoms with van der Waals surface area (Å²) in [7, 11) is 0. The first-order valence-electron chi connectivity index (χ1n) is 19.8. The molecule has 5 aromatic carbocycles. The first kappa shape index (κ1) is 40.3. The van der Waals surface area contributed by atoms with Crippen molar-refractivity contribution in [3.8, 4) is 17.2 Å². The van der Waals surface area contributed by atoms with E-state index in [-0.39, 0.29) is 35.8 Å². The van der Waals surface area contributed by atoms with Crippen LogP contribution < -0.4 is 35.5 Å². The monoisotopic (exact) mass is 770 g/mol. The topological polar surface area (TPSA) is 144 Å². The van der Waals surface area contributed by atoms with Crippen LogP contribution in [-0.2, 0) is 9.59 Å². The fourth-order valence-electron chi connectivity index (χ4n) is 6.45. The molecule has 0 atom stereocenters. The molecule has 57 heavy (non-hydrogen) atoms. The summed E-state index contributed by atoms with van der Waals surface area (Å²) < 4.78 is 18.0. The summed E-state index contributed by atoms with van der Waals surface area (Å²) in [5.41, 5.74) is 2.45. The third-order valence-corrected chi connectivity index (χ3v) is 9.42. The highest BCUT2D eigenvalue weighted by atomic mass is 16.5. The number of benzene rings is 5. The maximum atomic E-state index is 13.7. The van der Waals surface area contributed by atoms with E-state index in [4.69, 9.17) is 14.2 Å². The van der Waals surface area contributed by atoms with Gasteiger partial charge < -0.3 is 35.5 Å². The van der Waals surface area contributed by atoms with E-state index in [0.717, 1.165) is 30.0 Å². The highest BCUT2D eigenvalue weighted by molar-refractivity contribution is 6.09. The van der Waals surface area contributed by atoms with E-state index in [0.29, 0.717) is 72.7 Å². The van der Waals surface area contributed by atoms with Gasteiger partial charge in [-0.1, -0.05) is 63.3 Å². The van der Waals surface area contributed by atoms with Crippen LogP contribution in [0.3, 0.4) is 0 Å². The molecule has 0 saturated heterocycles. The fraction of sp³-hybridized carbons (Fsp3) is 0.304. The van der Waals surface area contributed by atoms with Crippen molar-refractivity contribution in [1.82, 2.24) is 0 Å². The standard InChI is InChI=1S/C46H50N4O7/c1-2-3-4-5-6-7-22-57-42-28-34-25-35(29-42)46(54)50-39-15-9-13-37(31-39)48-44(52)17-11-24-56-41-21-19-32-18-20-40(26-33(32)27-41)55-23-10-16-43(51)47-36-12-8-14-38(30-36)49-45(34)53/h8-9,12-15,18-21,25-31H,2-7,10-11,16-17,22-24H2,1H3,(H,47,51)(H,48,52)(H,49,53)(H,50,54). The zero-order chi connectivity index (χ0) is 39.8. The molecule has 1 heterocycles. The Kier molecular flexibility index (Phi) is 14.5. The van der Waals surface area contributed by atoms with Gasteiger partial charge in [0.25, 0.3) is 11.8 Å². The predicted molar refractivity (Wildman–Crippen MR) is 225 cm³/mol. The Hall–Kier alpha value is -6.36. The van der Waals surface area contributed by atoms with Gasteiger partial charge in [-0.15, -0.1) is 0 Å². The Balaban J connectivity index is 1.20. The van der Waals surface area contributed by atoms with Gasteiger partial charge in [0.05, 0.1) is 19.8 Å². The third kappa shape index (κ3) is 12.6. The molecule has 0 spiro atoms. The number of rotatable bonds is 8. The van der Waals surface area contributed by atoms with Gasteiger partial charge in [-0.25, -0.2) is 0 Å². The van der Waals surface area contributed by atoms with Crippen molar-refractivity contribution in [3.63, 3.8) is 0 Å². The Labute approximate surface area is 333 Å². The van der Waals surface area contributed by atoms with Crippen LogP contribution in [0.1, 0.15) is 91.8 Å². The van der Waals surface area contributed by atoms with E-state index in [1.165, 1.54) is 25.3 Å². The first-order chi connectivity index (χ1) is 27.8. The molecule has 0 fully saturated rings. The molecule has 0 saturated carbocycles. The molecule has 9 bridgehead atoms. The fourth-order valence-corrected chi connectivity index (χ4v) is 6.45. The SMILES string of the molecule is CCCCCCCCOc1cc2cc(c1)C(=O)Nc1cccc(c1)NC(=O)CCCOc1ccc3ccc(cc3c1)OCCCC(=O)Nc1cccc(c1)NC2=O. The van der Waals surface area contributed by atoms with Crippen molar-refractivity contribution in [2.45, 2.75) is 71.1 Å². The Bertz CT molecular complexity index is 2050. The number of hydrogen-bond donors (Lipinski definition) is 4. The van der Waals surface area contributed by atoms with Crippen LogP contribution >= 0.6 is 0 Å². The molecule has 4 N–H and O–H groups in total. The lowest BCUT2D eigenvalue weighted by Gasteiger charge is -2.13. The van der Waals surface area contributed by atoms with Gasteiger partial charge in [0, 0.05) is 46.7 Å². The largest absolute Gasteiger partial charge is 0.494 e. The van der Waals surface area contributed by atoms with E-state index in [2.05, 4.69) is 28.2 Å². The molecule has 4 amide bonds. The number of fused-ring (bicyclic) bond motifs is 8. The maximum absolute atomic E-state index is 13.7. The first-order valence-corrected chi connectivity index (χ1v) is 19.8. The highest BCUT2D eigenvalue weighted by Crippen LogP contribution is 2.27. The molecule has 11 heteroatoms. The molecule has 1 aliphatic rings. The van der Waals surface area contributed by atoms with Gasteiger partial charge in [-0.3, -0.25) is 19.2 Å². The van der Waals surface area contributed by atoms with Gasteiger partial charge >= 0.3 is 0 Å². The molecule has 0 radical (unpaired) electrons. The second kappa shape index (κ2) is 20.5. The Morgan fingerprint density at radius 2 is 1.02 bits per heavy atom. The number of hydrogen-bond acceptors (Lipinski definition) is 7. The quantitative estimate of drug-likeness (QED) is 0.115. The zero-order valence-corrected chi connectivity index (χ0v) is 32.4. The van der Waals surface area contributed by atoms with Crippen LogP contribution in [0.2, 0.25) is 0 Å². The minimum Gasteiger partial charge on any atom is -0.494 e. The summed E-state index contributed by atoms with van der Waals surface area (Å²) in [6.45, 7) is 3.32. The molecule has 0 aliphatic carbocycles. The van der Waals surface area contributed by atoms with E-state index < -0.39 is 11.8 Å². The molecule has 6 rings (SSSR count). The van der Waals surface area contributed by atoms with Crippen LogP contribution in [0.4, 0.5) is 22.7 Å². The molecule has 0 aromatic heterocycles. The van der Waals surface area contributed by atoms with Crippen LogP contribution in [0.15, 0.2) is 103 Å². The number of nitrogens with one attached hydrogen (secondary N) is 4. The van der Waals surface area contributed by atoms with Gasteiger partial charge in [-0.05, 0) is 109 Å².